The van der Waals surface area contributed by atoms with Crippen molar-refractivity contribution in [2.75, 3.05) is 13.4 Å². The first-order valence-electron chi connectivity index (χ1n) is 4.91. The van der Waals surface area contributed by atoms with E-state index in [0.29, 0.717) is 12.3 Å². The van der Waals surface area contributed by atoms with Crippen molar-refractivity contribution in [1.82, 2.24) is 0 Å². The quantitative estimate of drug-likeness (QED) is 0.718. The smallest absolute Gasteiger partial charge is 0.434 e. The molecule has 3 rings (SSSR count). The summed E-state index contributed by atoms with van der Waals surface area (Å²) in [5, 5.41) is 0. The van der Waals surface area contributed by atoms with Gasteiger partial charge in [-0.15, -0.1) is 0 Å². The van der Waals surface area contributed by atoms with Crippen molar-refractivity contribution < 1.29 is 19.0 Å². The zero-order chi connectivity index (χ0) is 11.0. The molecule has 0 N–H and O–H groups in total. The number of rotatable bonds is 1. The predicted octanol–water partition coefficient (Wildman–Crippen LogP) is 1.49. The monoisotopic (exact) mass is 219 g/mol. The number of benzene rings is 1. The fraction of sp³-hybridized carbons (Fsp3) is 0.273. The summed E-state index contributed by atoms with van der Waals surface area (Å²) in [6, 6.07) is 5.64. The van der Waals surface area contributed by atoms with Gasteiger partial charge >= 0.3 is 6.09 Å². The molecule has 0 aliphatic carbocycles. The highest BCUT2D eigenvalue weighted by atomic mass is 16.7. The Bertz CT molecular complexity index is 481. The van der Waals surface area contributed by atoms with Crippen molar-refractivity contribution in [3.8, 4) is 5.75 Å². The lowest BCUT2D eigenvalue weighted by atomic mass is 10.1. The highest BCUT2D eigenvalue weighted by molar-refractivity contribution is 6.09. The molecule has 0 saturated heterocycles. The Balaban J connectivity index is 1.97. The second kappa shape index (κ2) is 3.61. The van der Waals surface area contributed by atoms with E-state index in [1.54, 1.807) is 0 Å². The Kier molecular flexibility index (Phi) is 2.11. The molecular formula is C11H9NO4. The molecule has 0 spiro atoms. The molecule has 2 aliphatic rings. The number of ether oxygens (including phenoxy) is 3. The van der Waals surface area contributed by atoms with Crippen LogP contribution in [-0.4, -0.2) is 25.2 Å². The Morgan fingerprint density at radius 3 is 2.94 bits per heavy atom. The highest BCUT2D eigenvalue weighted by Crippen LogP contribution is 2.25. The molecule has 0 radical (unpaired) electrons. The van der Waals surface area contributed by atoms with Crippen molar-refractivity contribution >= 4 is 11.8 Å². The van der Waals surface area contributed by atoms with Crippen molar-refractivity contribution in [3.05, 3.63) is 29.3 Å². The number of aliphatic imine (C=N–C) groups is 1. The Morgan fingerprint density at radius 2 is 2.12 bits per heavy atom. The molecule has 0 unspecified atom stereocenters. The number of carbonyl (C=O) groups is 1. The van der Waals surface area contributed by atoms with Gasteiger partial charge < -0.3 is 14.2 Å². The Labute approximate surface area is 91.6 Å². The van der Waals surface area contributed by atoms with Crippen LogP contribution in [0.4, 0.5) is 4.79 Å². The summed E-state index contributed by atoms with van der Waals surface area (Å²) < 4.78 is 15.2. The number of hydrogen-bond acceptors (Lipinski definition) is 4. The van der Waals surface area contributed by atoms with E-state index in [-0.39, 0.29) is 13.4 Å². The van der Waals surface area contributed by atoms with E-state index in [9.17, 15) is 4.79 Å². The zero-order valence-corrected chi connectivity index (χ0v) is 8.43. The maximum Gasteiger partial charge on any atom is 0.434 e. The van der Waals surface area contributed by atoms with Gasteiger partial charge in [0.25, 0.3) is 0 Å². The first-order chi connectivity index (χ1) is 7.83. The molecule has 1 aromatic rings. The molecule has 82 valence electrons. The maximum absolute atomic E-state index is 10.9. The third-order valence-corrected chi connectivity index (χ3v) is 2.51. The fourth-order valence-electron chi connectivity index (χ4n) is 1.72. The van der Waals surface area contributed by atoms with Crippen LogP contribution in [0.2, 0.25) is 0 Å². The fourth-order valence-corrected chi connectivity index (χ4v) is 1.72. The van der Waals surface area contributed by atoms with Crippen molar-refractivity contribution in [2.24, 2.45) is 4.99 Å². The Morgan fingerprint density at radius 1 is 1.19 bits per heavy atom. The molecule has 0 atom stereocenters. The summed E-state index contributed by atoms with van der Waals surface area (Å²) in [4.78, 5) is 14.6. The van der Waals surface area contributed by atoms with Crippen LogP contribution in [0.25, 0.3) is 0 Å². The highest BCUT2D eigenvalue weighted by Gasteiger charge is 2.19. The minimum absolute atomic E-state index is 0.235. The van der Waals surface area contributed by atoms with Gasteiger partial charge in [0.05, 0.1) is 12.3 Å². The number of cyclic esters (lactones) is 1. The topological polar surface area (TPSA) is 57.1 Å². The van der Waals surface area contributed by atoms with Crippen LogP contribution in [0.15, 0.2) is 23.2 Å². The molecule has 1 amide bonds. The zero-order valence-electron chi connectivity index (χ0n) is 8.43. The molecule has 0 fully saturated rings. The SMILES string of the molecule is O=C1N=C(c2ccc3c(c2)COCO3)CO1. The van der Waals surface area contributed by atoms with Crippen LogP contribution in [0.1, 0.15) is 11.1 Å². The van der Waals surface area contributed by atoms with Gasteiger partial charge in [0.15, 0.2) is 6.79 Å². The van der Waals surface area contributed by atoms with Crippen LogP contribution in [0.5, 0.6) is 5.75 Å². The second-order valence-corrected chi connectivity index (χ2v) is 3.55. The van der Waals surface area contributed by atoms with Crippen LogP contribution >= 0.6 is 0 Å². The van der Waals surface area contributed by atoms with Crippen LogP contribution in [0, 0.1) is 0 Å². The summed E-state index contributed by atoms with van der Waals surface area (Å²) in [5.41, 5.74) is 2.49. The number of amides is 1. The lowest BCUT2D eigenvalue weighted by molar-refractivity contribution is -0.0163. The third-order valence-electron chi connectivity index (χ3n) is 2.51. The van der Waals surface area contributed by atoms with Gasteiger partial charge in [-0.25, -0.2) is 4.79 Å². The van der Waals surface area contributed by atoms with Gasteiger partial charge in [-0.1, -0.05) is 0 Å². The lowest BCUT2D eigenvalue weighted by Crippen LogP contribution is -2.12. The molecule has 2 aliphatic heterocycles. The standard InChI is InChI=1S/C11H9NO4/c13-11-12-9(5-15-11)7-1-2-10-8(3-7)4-14-6-16-10/h1-3H,4-6H2. The van der Waals surface area contributed by atoms with Crippen LogP contribution in [-0.2, 0) is 16.1 Å². The van der Waals surface area contributed by atoms with E-state index in [4.69, 9.17) is 14.2 Å². The van der Waals surface area contributed by atoms with Crippen molar-refractivity contribution in [3.63, 3.8) is 0 Å². The average molecular weight is 219 g/mol. The summed E-state index contributed by atoms with van der Waals surface area (Å²) in [6.45, 7) is 1.04. The van der Waals surface area contributed by atoms with Crippen molar-refractivity contribution in [2.45, 2.75) is 6.61 Å². The summed E-state index contributed by atoms with van der Waals surface area (Å²) >= 11 is 0. The Hall–Kier alpha value is -1.88. The van der Waals surface area contributed by atoms with Gasteiger partial charge in [-0.3, -0.25) is 0 Å². The van der Waals surface area contributed by atoms with E-state index >= 15 is 0 Å². The molecule has 0 bridgehead atoms. The molecule has 5 nitrogen and oxygen atoms in total. The normalized spacial score (nSPS) is 18.5. The van der Waals surface area contributed by atoms with Gasteiger partial charge in [-0.2, -0.15) is 4.99 Å². The number of carbonyl (C=O) groups excluding carboxylic acids is 1. The predicted molar refractivity (Wildman–Crippen MR) is 54.6 cm³/mol. The van der Waals surface area contributed by atoms with Gasteiger partial charge in [0.1, 0.15) is 12.4 Å². The van der Waals surface area contributed by atoms with Crippen molar-refractivity contribution in [1.29, 1.82) is 0 Å². The number of nitrogens with zero attached hydrogens (tertiary/aromatic N) is 1. The molecule has 2 heterocycles. The molecular weight excluding hydrogens is 210 g/mol. The number of hydrogen-bond donors (Lipinski definition) is 0. The summed E-state index contributed by atoms with van der Waals surface area (Å²) in [7, 11) is 0. The average Bonchev–Trinajstić information content (AvgIpc) is 2.75. The first kappa shape index (κ1) is 9.35. The van der Waals surface area contributed by atoms with E-state index in [1.165, 1.54) is 0 Å². The van der Waals surface area contributed by atoms with E-state index in [2.05, 4.69) is 4.99 Å². The second-order valence-electron chi connectivity index (χ2n) is 3.55. The summed E-state index contributed by atoms with van der Waals surface area (Å²) in [5.74, 6) is 0.820. The molecule has 0 aromatic heterocycles. The summed E-state index contributed by atoms with van der Waals surface area (Å²) in [6.07, 6.45) is -0.528. The molecule has 1 aromatic carbocycles. The van der Waals surface area contributed by atoms with E-state index < -0.39 is 6.09 Å². The molecule has 5 heteroatoms. The largest absolute Gasteiger partial charge is 0.467 e. The van der Waals surface area contributed by atoms with Gasteiger partial charge in [0.2, 0.25) is 0 Å². The van der Waals surface area contributed by atoms with Gasteiger partial charge in [0, 0.05) is 11.1 Å². The van der Waals surface area contributed by atoms with E-state index in [1.807, 2.05) is 18.2 Å². The maximum atomic E-state index is 10.9. The number of fused-ring (bicyclic) bond motifs is 1. The lowest BCUT2D eigenvalue weighted by Gasteiger charge is -2.17. The molecule has 16 heavy (non-hydrogen) atoms. The van der Waals surface area contributed by atoms with E-state index in [0.717, 1.165) is 16.9 Å². The van der Waals surface area contributed by atoms with Gasteiger partial charge in [-0.05, 0) is 18.2 Å². The molecule has 0 saturated carbocycles. The first-order valence-corrected chi connectivity index (χ1v) is 4.91. The minimum Gasteiger partial charge on any atom is -0.467 e. The minimum atomic E-state index is -0.528. The van der Waals surface area contributed by atoms with Crippen LogP contribution in [0.3, 0.4) is 0 Å². The van der Waals surface area contributed by atoms with Crippen LogP contribution < -0.4 is 4.74 Å². The third kappa shape index (κ3) is 1.55.